The summed E-state index contributed by atoms with van der Waals surface area (Å²) in [5.74, 6) is 0.263. The first kappa shape index (κ1) is 18.7. The number of aryl methyl sites for hydroxylation is 1. The van der Waals surface area contributed by atoms with Crippen molar-refractivity contribution in [3.8, 4) is 17.2 Å². The molecule has 6 nitrogen and oxygen atoms in total. The highest BCUT2D eigenvalue weighted by Crippen LogP contribution is 2.47. The monoisotopic (exact) mass is 407 g/mol. The maximum absolute atomic E-state index is 13.2. The van der Waals surface area contributed by atoms with Crippen LogP contribution in [0.4, 0.5) is 10.1 Å². The highest BCUT2D eigenvalue weighted by atomic mass is 19.1. The van der Waals surface area contributed by atoms with Crippen molar-refractivity contribution in [2.75, 3.05) is 5.32 Å². The van der Waals surface area contributed by atoms with Crippen LogP contribution in [0.3, 0.4) is 0 Å². The Hall–Kier alpha value is -3.35. The zero-order chi connectivity index (χ0) is 20.9. The molecule has 1 amide bonds. The minimum atomic E-state index is -0.533. The maximum Gasteiger partial charge on any atom is 0.259 e. The van der Waals surface area contributed by atoms with E-state index in [1.807, 2.05) is 19.1 Å². The van der Waals surface area contributed by atoms with Gasteiger partial charge >= 0.3 is 0 Å². The number of carbonyl (C=O) groups excluding carboxylic acids is 1. The largest absolute Gasteiger partial charge is 0.448 e. The normalized spacial score (nSPS) is 16.2. The first-order chi connectivity index (χ1) is 14.4. The van der Waals surface area contributed by atoms with Crippen molar-refractivity contribution >= 4 is 11.6 Å². The summed E-state index contributed by atoms with van der Waals surface area (Å²) in [5.41, 5.74) is 3.10. The summed E-state index contributed by atoms with van der Waals surface area (Å²) >= 11 is 0. The Kier molecular flexibility index (Phi) is 4.27. The predicted octanol–water partition coefficient (Wildman–Crippen LogP) is 4.92. The number of anilines is 1. The van der Waals surface area contributed by atoms with Crippen molar-refractivity contribution in [2.24, 2.45) is 0 Å². The lowest BCUT2D eigenvalue weighted by molar-refractivity contribution is -0.0716. The number of nitrogens with zero attached hydrogens (tertiary/aromatic N) is 2. The second-order valence-electron chi connectivity index (χ2n) is 7.87. The van der Waals surface area contributed by atoms with Crippen LogP contribution in [-0.2, 0) is 0 Å². The second kappa shape index (κ2) is 6.86. The van der Waals surface area contributed by atoms with Crippen LogP contribution < -0.4 is 14.8 Å². The van der Waals surface area contributed by atoms with E-state index in [0.717, 1.165) is 25.7 Å². The molecule has 5 rings (SSSR count). The van der Waals surface area contributed by atoms with Crippen LogP contribution in [0.25, 0.3) is 5.69 Å². The Morgan fingerprint density at radius 2 is 1.77 bits per heavy atom. The third kappa shape index (κ3) is 3.10. The van der Waals surface area contributed by atoms with E-state index >= 15 is 0 Å². The van der Waals surface area contributed by atoms with Gasteiger partial charge in [-0.1, -0.05) is 0 Å². The molecule has 0 saturated heterocycles. The van der Waals surface area contributed by atoms with Crippen LogP contribution in [0.5, 0.6) is 11.5 Å². The summed E-state index contributed by atoms with van der Waals surface area (Å²) in [7, 11) is 0. The van der Waals surface area contributed by atoms with E-state index in [-0.39, 0.29) is 11.7 Å². The molecule has 1 aliphatic heterocycles. The summed E-state index contributed by atoms with van der Waals surface area (Å²) in [6.45, 7) is 3.60. The third-order valence-corrected chi connectivity index (χ3v) is 5.75. The summed E-state index contributed by atoms with van der Waals surface area (Å²) < 4.78 is 27.0. The van der Waals surface area contributed by atoms with Crippen LogP contribution in [0, 0.1) is 19.7 Å². The van der Waals surface area contributed by atoms with E-state index in [2.05, 4.69) is 10.4 Å². The molecule has 0 radical (unpaired) electrons. The molecule has 1 saturated carbocycles. The topological polar surface area (TPSA) is 65.4 Å². The van der Waals surface area contributed by atoms with Crippen molar-refractivity contribution in [1.82, 2.24) is 9.78 Å². The average molecular weight is 407 g/mol. The molecule has 1 aromatic heterocycles. The molecule has 2 heterocycles. The summed E-state index contributed by atoms with van der Waals surface area (Å²) in [6, 6.07) is 11.4. The van der Waals surface area contributed by atoms with Crippen molar-refractivity contribution in [3.05, 3.63) is 65.2 Å². The van der Waals surface area contributed by atoms with E-state index < -0.39 is 5.79 Å². The van der Waals surface area contributed by atoms with Gasteiger partial charge in [0, 0.05) is 24.6 Å². The predicted molar refractivity (Wildman–Crippen MR) is 110 cm³/mol. The fourth-order valence-electron chi connectivity index (χ4n) is 4.29. The lowest BCUT2D eigenvalue weighted by Gasteiger charge is -2.21. The molecule has 2 aromatic carbocycles. The number of halogens is 1. The van der Waals surface area contributed by atoms with Gasteiger partial charge in [-0.15, -0.1) is 0 Å². The minimum absolute atomic E-state index is 0.257. The maximum atomic E-state index is 13.2. The molecule has 3 aromatic rings. The van der Waals surface area contributed by atoms with E-state index in [1.54, 1.807) is 29.8 Å². The zero-order valence-corrected chi connectivity index (χ0v) is 16.9. The Labute approximate surface area is 173 Å². The molecule has 2 aliphatic rings. The quantitative estimate of drug-likeness (QED) is 0.669. The molecular weight excluding hydrogens is 385 g/mol. The Morgan fingerprint density at radius 3 is 2.50 bits per heavy atom. The molecule has 1 N–H and O–H groups in total. The molecule has 7 heteroatoms. The molecule has 1 spiro atoms. The second-order valence-corrected chi connectivity index (χ2v) is 7.87. The number of amides is 1. The van der Waals surface area contributed by atoms with Gasteiger partial charge in [0.25, 0.3) is 11.7 Å². The standard InChI is InChI=1S/C23H22FN3O3/c1-14-21(15(2)27(26-14)18-8-5-16(24)6-9-18)22(28)25-17-7-10-19-20(13-17)30-23(29-19)11-3-4-12-23/h5-10,13H,3-4,11-12H2,1-2H3,(H,25,28). The lowest BCUT2D eigenvalue weighted by Crippen LogP contribution is -2.34. The van der Waals surface area contributed by atoms with Gasteiger partial charge in [0.2, 0.25) is 0 Å². The van der Waals surface area contributed by atoms with Crippen LogP contribution in [0.1, 0.15) is 47.4 Å². The molecule has 0 atom stereocenters. The summed E-state index contributed by atoms with van der Waals surface area (Å²) in [6.07, 6.45) is 3.94. The Balaban J connectivity index is 1.38. The number of nitrogens with one attached hydrogen (secondary N) is 1. The van der Waals surface area contributed by atoms with Gasteiger partial charge in [-0.3, -0.25) is 4.79 Å². The van der Waals surface area contributed by atoms with Gasteiger partial charge < -0.3 is 14.8 Å². The Morgan fingerprint density at radius 1 is 1.07 bits per heavy atom. The third-order valence-electron chi connectivity index (χ3n) is 5.75. The van der Waals surface area contributed by atoms with Crippen LogP contribution in [-0.4, -0.2) is 21.5 Å². The van der Waals surface area contributed by atoms with E-state index in [4.69, 9.17) is 9.47 Å². The molecular formula is C23H22FN3O3. The minimum Gasteiger partial charge on any atom is -0.448 e. The number of hydrogen-bond donors (Lipinski definition) is 1. The summed E-state index contributed by atoms with van der Waals surface area (Å²) in [5, 5.41) is 7.40. The number of aromatic nitrogens is 2. The fraction of sp³-hybridized carbons (Fsp3) is 0.304. The number of hydrogen-bond acceptors (Lipinski definition) is 4. The van der Waals surface area contributed by atoms with Gasteiger partial charge in [-0.05, 0) is 63.1 Å². The highest BCUT2D eigenvalue weighted by Gasteiger charge is 2.44. The van der Waals surface area contributed by atoms with Gasteiger partial charge in [-0.25, -0.2) is 9.07 Å². The molecule has 1 fully saturated rings. The number of ether oxygens (including phenoxy) is 2. The molecule has 1 aliphatic carbocycles. The first-order valence-corrected chi connectivity index (χ1v) is 10.1. The van der Waals surface area contributed by atoms with Gasteiger partial charge in [0.05, 0.1) is 22.6 Å². The lowest BCUT2D eigenvalue weighted by atomic mass is 10.1. The SMILES string of the molecule is Cc1nn(-c2ccc(F)cc2)c(C)c1C(=O)Nc1ccc2c(c1)OC1(CCCC1)O2. The van der Waals surface area contributed by atoms with Crippen LogP contribution in [0.15, 0.2) is 42.5 Å². The number of carbonyl (C=O) groups is 1. The van der Waals surface area contributed by atoms with Crippen molar-refractivity contribution in [2.45, 2.75) is 45.3 Å². The highest BCUT2D eigenvalue weighted by molar-refractivity contribution is 6.06. The van der Waals surface area contributed by atoms with Gasteiger partial charge in [-0.2, -0.15) is 5.10 Å². The van der Waals surface area contributed by atoms with Gasteiger partial charge in [0.15, 0.2) is 11.5 Å². The van der Waals surface area contributed by atoms with Gasteiger partial charge in [0.1, 0.15) is 5.82 Å². The molecule has 30 heavy (non-hydrogen) atoms. The summed E-state index contributed by atoms with van der Waals surface area (Å²) in [4.78, 5) is 13.0. The van der Waals surface area contributed by atoms with E-state index in [1.165, 1.54) is 12.1 Å². The molecule has 0 unspecified atom stereocenters. The van der Waals surface area contributed by atoms with E-state index in [9.17, 15) is 9.18 Å². The number of fused-ring (bicyclic) bond motifs is 1. The number of rotatable bonds is 3. The first-order valence-electron chi connectivity index (χ1n) is 10.1. The van der Waals surface area contributed by atoms with Crippen LogP contribution in [0.2, 0.25) is 0 Å². The van der Waals surface area contributed by atoms with Crippen LogP contribution >= 0.6 is 0 Å². The van der Waals surface area contributed by atoms with Crippen molar-refractivity contribution in [3.63, 3.8) is 0 Å². The van der Waals surface area contributed by atoms with Crippen molar-refractivity contribution < 1.29 is 18.7 Å². The van der Waals surface area contributed by atoms with E-state index in [0.29, 0.717) is 39.8 Å². The molecule has 154 valence electrons. The molecule has 0 bridgehead atoms. The number of benzene rings is 2. The van der Waals surface area contributed by atoms with Crippen molar-refractivity contribution in [1.29, 1.82) is 0 Å². The average Bonchev–Trinajstić information content (AvgIpc) is 3.39. The Bertz CT molecular complexity index is 1130. The fourth-order valence-corrected chi connectivity index (χ4v) is 4.29. The smallest absolute Gasteiger partial charge is 0.259 e. The zero-order valence-electron chi connectivity index (χ0n) is 16.9.